The van der Waals surface area contributed by atoms with Crippen LogP contribution in [0, 0.1) is 5.92 Å². The van der Waals surface area contributed by atoms with E-state index in [9.17, 15) is 39.5 Å². The van der Waals surface area contributed by atoms with Gasteiger partial charge < -0.3 is 0 Å². The van der Waals surface area contributed by atoms with Crippen molar-refractivity contribution in [3.05, 3.63) is 12.7 Å². The largest absolute Gasteiger partial charge is 0.381 e. The fourth-order valence-electron chi connectivity index (χ4n) is 1.48. The molecule has 1 aliphatic rings. The van der Waals surface area contributed by atoms with Crippen molar-refractivity contribution in [2.24, 2.45) is 5.92 Å². The van der Waals surface area contributed by atoms with Crippen molar-refractivity contribution < 1.29 is 39.5 Å². The highest BCUT2D eigenvalue weighted by atomic mass is 19.4. The highest BCUT2D eigenvalue weighted by Crippen LogP contribution is 2.62. The van der Waals surface area contributed by atoms with Gasteiger partial charge in [0.1, 0.15) is 0 Å². The maximum absolute atomic E-state index is 12.9. The van der Waals surface area contributed by atoms with E-state index in [0.717, 1.165) is 0 Å². The molecule has 2 unspecified atom stereocenters. The molecule has 0 heterocycles. The molecular weight excluding hydrogens is 267 g/mol. The summed E-state index contributed by atoms with van der Waals surface area (Å²) in [5.41, 5.74) is 0. The van der Waals surface area contributed by atoms with Gasteiger partial charge >= 0.3 is 23.7 Å². The molecule has 0 radical (unpaired) electrons. The van der Waals surface area contributed by atoms with Crippen LogP contribution in [0.2, 0.25) is 0 Å². The highest BCUT2D eigenvalue weighted by molar-refractivity contribution is 5.19. The van der Waals surface area contributed by atoms with Crippen LogP contribution in [0.1, 0.15) is 0 Å². The van der Waals surface area contributed by atoms with Crippen molar-refractivity contribution in [2.45, 2.75) is 29.9 Å². The van der Waals surface area contributed by atoms with Crippen LogP contribution in [0.3, 0.4) is 0 Å². The number of hydrogen-bond acceptors (Lipinski definition) is 0. The molecule has 1 aliphatic carbocycles. The topological polar surface area (TPSA) is 0 Å². The monoisotopic (exact) mass is 272 g/mol. The predicted octanol–water partition coefficient (Wildman–Crippen LogP) is 3.68. The fraction of sp³-hybridized carbons (Fsp3) is 0.750. The summed E-state index contributed by atoms with van der Waals surface area (Å²) in [4.78, 5) is 0. The highest BCUT2D eigenvalue weighted by Gasteiger charge is 2.89. The molecule has 2 atom stereocenters. The van der Waals surface area contributed by atoms with E-state index in [-0.39, 0.29) is 6.08 Å². The van der Waals surface area contributed by atoms with Gasteiger partial charge in [0.25, 0.3) is 0 Å². The molecule has 0 aromatic carbocycles. The van der Waals surface area contributed by atoms with E-state index in [1.807, 2.05) is 0 Å². The van der Waals surface area contributed by atoms with E-state index >= 15 is 0 Å². The van der Waals surface area contributed by atoms with E-state index in [4.69, 9.17) is 0 Å². The zero-order valence-electron chi connectivity index (χ0n) is 7.84. The van der Waals surface area contributed by atoms with Crippen molar-refractivity contribution in [3.63, 3.8) is 0 Å². The van der Waals surface area contributed by atoms with E-state index < -0.39 is 35.8 Å². The number of halogens is 9. The van der Waals surface area contributed by atoms with Crippen LogP contribution in [0.5, 0.6) is 0 Å². The smallest absolute Gasteiger partial charge is 0.240 e. The van der Waals surface area contributed by atoms with Crippen LogP contribution < -0.4 is 0 Å². The second-order valence-corrected chi connectivity index (χ2v) is 3.56. The normalized spacial score (nSPS) is 37.5. The Bertz CT molecular complexity index is 332. The molecule has 100 valence electrons. The maximum atomic E-state index is 12.9. The van der Waals surface area contributed by atoms with Crippen LogP contribution in [0.4, 0.5) is 39.5 Å². The first-order valence-corrected chi connectivity index (χ1v) is 4.13. The van der Waals surface area contributed by atoms with Crippen LogP contribution in [-0.2, 0) is 0 Å². The van der Waals surface area contributed by atoms with Gasteiger partial charge in [0.2, 0.25) is 0 Å². The Morgan fingerprint density at radius 1 is 0.765 bits per heavy atom. The first-order valence-electron chi connectivity index (χ1n) is 4.13. The molecule has 0 aromatic rings. The lowest BCUT2D eigenvalue weighted by molar-refractivity contribution is -0.417. The second kappa shape index (κ2) is 3.32. The second-order valence-electron chi connectivity index (χ2n) is 3.56. The van der Waals surface area contributed by atoms with Gasteiger partial charge in [-0.1, -0.05) is 6.08 Å². The predicted molar refractivity (Wildman–Crippen MR) is 38.4 cm³/mol. The summed E-state index contributed by atoms with van der Waals surface area (Å²) in [5, 5.41) is 0. The summed E-state index contributed by atoms with van der Waals surface area (Å²) in [5.74, 6) is -27.8. The number of rotatable bonds is 1. The Balaban J connectivity index is 3.49. The van der Waals surface area contributed by atoms with Crippen molar-refractivity contribution >= 4 is 0 Å². The Morgan fingerprint density at radius 3 is 1.47 bits per heavy atom. The van der Waals surface area contributed by atoms with Crippen molar-refractivity contribution in [3.8, 4) is 0 Å². The van der Waals surface area contributed by atoms with Crippen molar-refractivity contribution in [1.82, 2.24) is 0 Å². The Kier molecular flexibility index (Phi) is 2.77. The summed E-state index contributed by atoms with van der Waals surface area (Å²) in [6.07, 6.45) is -4.37. The number of alkyl halides is 9. The van der Waals surface area contributed by atoms with Crippen molar-refractivity contribution in [2.75, 3.05) is 0 Å². The molecule has 1 saturated carbocycles. The molecule has 0 saturated heterocycles. The zero-order valence-corrected chi connectivity index (χ0v) is 7.84. The van der Waals surface area contributed by atoms with Gasteiger partial charge in [0, 0.05) is 0 Å². The lowest BCUT2D eigenvalue weighted by Gasteiger charge is -2.46. The van der Waals surface area contributed by atoms with E-state index in [1.165, 1.54) is 0 Å². The Labute approximate surface area is 89.1 Å². The molecule has 9 heteroatoms. The molecule has 1 rings (SSSR count). The Morgan fingerprint density at radius 2 is 1.12 bits per heavy atom. The van der Waals surface area contributed by atoms with Crippen LogP contribution in [0.25, 0.3) is 0 Å². The molecule has 0 bridgehead atoms. The van der Waals surface area contributed by atoms with Gasteiger partial charge in [-0.05, 0) is 0 Å². The SMILES string of the molecule is C=CC1C(F)C(F)(F)C(F)(F)C(F)(F)C1(F)F. The maximum Gasteiger partial charge on any atom is 0.381 e. The molecule has 0 spiro atoms. The molecule has 0 aromatic heterocycles. The summed E-state index contributed by atoms with van der Waals surface area (Å²) >= 11 is 0. The lowest BCUT2D eigenvalue weighted by Crippen LogP contribution is -2.73. The van der Waals surface area contributed by atoms with Crippen LogP contribution >= 0.6 is 0 Å². The molecule has 0 nitrogen and oxygen atoms in total. The third kappa shape index (κ3) is 1.33. The average Bonchev–Trinajstić information content (AvgIpc) is 2.15. The quantitative estimate of drug-likeness (QED) is 0.504. The van der Waals surface area contributed by atoms with Gasteiger partial charge in [-0.2, -0.15) is 35.1 Å². The zero-order chi connectivity index (χ0) is 13.9. The minimum absolute atomic E-state index is 0.221. The van der Waals surface area contributed by atoms with E-state index in [2.05, 4.69) is 6.58 Å². The minimum atomic E-state index is -6.48. The average molecular weight is 272 g/mol. The summed E-state index contributed by atoms with van der Waals surface area (Å²) in [6.45, 7) is 2.48. The summed E-state index contributed by atoms with van der Waals surface area (Å²) in [6, 6.07) is 0. The molecule has 0 aliphatic heterocycles. The van der Waals surface area contributed by atoms with Gasteiger partial charge in [0.05, 0.1) is 5.92 Å². The first-order chi connectivity index (χ1) is 7.35. The van der Waals surface area contributed by atoms with Gasteiger partial charge in [-0.15, -0.1) is 6.58 Å². The standard InChI is InChI=1S/C8H5F9/c1-2-3-4(9)6(12,13)8(16,17)7(14,15)5(3,10)11/h2-4H,1H2. The minimum Gasteiger partial charge on any atom is -0.240 e. The van der Waals surface area contributed by atoms with Crippen LogP contribution in [-0.4, -0.2) is 29.9 Å². The van der Waals surface area contributed by atoms with Gasteiger partial charge in [-0.3, -0.25) is 0 Å². The third-order valence-corrected chi connectivity index (χ3v) is 2.57. The molecule has 17 heavy (non-hydrogen) atoms. The fourth-order valence-corrected chi connectivity index (χ4v) is 1.48. The Hall–Kier alpha value is -0.890. The van der Waals surface area contributed by atoms with E-state index in [1.54, 1.807) is 0 Å². The number of allylic oxidation sites excluding steroid dienone is 1. The van der Waals surface area contributed by atoms with Gasteiger partial charge in [0.15, 0.2) is 6.17 Å². The molecule has 0 amide bonds. The first kappa shape index (κ1) is 14.2. The summed E-state index contributed by atoms with van der Waals surface area (Å²) in [7, 11) is 0. The van der Waals surface area contributed by atoms with Crippen molar-refractivity contribution in [1.29, 1.82) is 0 Å². The molecule has 0 N–H and O–H groups in total. The molecule has 1 fully saturated rings. The number of hydrogen-bond donors (Lipinski definition) is 0. The van der Waals surface area contributed by atoms with Crippen LogP contribution in [0.15, 0.2) is 12.7 Å². The summed E-state index contributed by atoms with van der Waals surface area (Å²) < 4.78 is 114. The lowest BCUT2D eigenvalue weighted by atomic mass is 9.76. The third-order valence-electron chi connectivity index (χ3n) is 2.57. The van der Waals surface area contributed by atoms with E-state index in [0.29, 0.717) is 0 Å². The molecular formula is C8H5F9. The van der Waals surface area contributed by atoms with Gasteiger partial charge in [-0.25, -0.2) is 4.39 Å².